The lowest BCUT2D eigenvalue weighted by Gasteiger charge is -2.18. The monoisotopic (exact) mass is 334 g/mol. The van der Waals surface area contributed by atoms with Crippen LogP contribution in [-0.4, -0.2) is 25.7 Å². The van der Waals surface area contributed by atoms with Crippen molar-refractivity contribution < 1.29 is 14.3 Å². The zero-order valence-corrected chi connectivity index (χ0v) is 15.3. The molecule has 0 atom stereocenters. The van der Waals surface area contributed by atoms with Gasteiger partial charge in [0.15, 0.2) is 0 Å². The van der Waals surface area contributed by atoms with Gasteiger partial charge < -0.3 is 15.4 Å². The zero-order valence-electron chi connectivity index (χ0n) is 15.3. The van der Waals surface area contributed by atoms with E-state index in [1.807, 2.05) is 12.1 Å². The smallest absolute Gasteiger partial charge is 0.319 e. The molecule has 0 spiro atoms. The highest BCUT2D eigenvalue weighted by molar-refractivity contribution is 5.91. The number of benzene rings is 1. The highest BCUT2D eigenvalue weighted by Gasteiger charge is 2.12. The summed E-state index contributed by atoms with van der Waals surface area (Å²) in [5.41, 5.74) is 3.23. The number of aryl methyl sites for hydroxylation is 1. The van der Waals surface area contributed by atoms with Crippen LogP contribution in [0.5, 0.6) is 0 Å². The second kappa shape index (κ2) is 10.7. The number of carbonyl (C=O) groups is 2. The van der Waals surface area contributed by atoms with E-state index in [0.717, 1.165) is 42.5 Å². The summed E-state index contributed by atoms with van der Waals surface area (Å²) in [5.74, 6) is 0.170. The molecule has 2 N–H and O–H groups in total. The molecule has 0 saturated heterocycles. The maximum absolute atomic E-state index is 12.1. The Balaban J connectivity index is 2.44. The van der Waals surface area contributed by atoms with Gasteiger partial charge in [-0.25, -0.2) is 4.79 Å². The maximum atomic E-state index is 12.1. The van der Waals surface area contributed by atoms with Crippen LogP contribution in [0.25, 0.3) is 0 Å². The normalized spacial score (nSPS) is 10.5. The molecule has 0 unspecified atom stereocenters. The molecule has 2 amide bonds. The minimum Gasteiger partial charge on any atom is -0.469 e. The molecule has 0 aliphatic heterocycles. The number of unbranched alkanes of at least 4 members (excludes halogenated alkanes) is 2. The number of rotatable bonds is 9. The highest BCUT2D eigenvalue weighted by atomic mass is 16.5. The summed E-state index contributed by atoms with van der Waals surface area (Å²) in [6.45, 7) is 6.93. The number of methoxy groups -OCH3 is 1. The Kier molecular flexibility index (Phi) is 8.90. The van der Waals surface area contributed by atoms with E-state index in [4.69, 9.17) is 0 Å². The fourth-order valence-electron chi connectivity index (χ4n) is 2.58. The van der Waals surface area contributed by atoms with Crippen molar-refractivity contribution >= 4 is 17.7 Å². The molecule has 1 aromatic rings. The number of para-hydroxylation sites is 1. The Morgan fingerprint density at radius 3 is 2.54 bits per heavy atom. The number of ether oxygens (including phenoxy) is 1. The third kappa shape index (κ3) is 6.60. The van der Waals surface area contributed by atoms with Crippen molar-refractivity contribution in [2.24, 2.45) is 0 Å². The predicted molar refractivity (Wildman–Crippen MR) is 97.4 cm³/mol. The van der Waals surface area contributed by atoms with Crippen LogP contribution in [0.3, 0.4) is 0 Å². The van der Waals surface area contributed by atoms with Crippen LogP contribution in [0, 0.1) is 0 Å². The van der Waals surface area contributed by atoms with Crippen molar-refractivity contribution in [1.29, 1.82) is 0 Å². The zero-order chi connectivity index (χ0) is 17.9. The molecule has 0 aliphatic carbocycles. The molecule has 0 radical (unpaired) electrons. The third-order valence-corrected chi connectivity index (χ3v) is 4.00. The van der Waals surface area contributed by atoms with Crippen molar-refractivity contribution in [3.05, 3.63) is 29.3 Å². The van der Waals surface area contributed by atoms with Gasteiger partial charge in [-0.1, -0.05) is 45.4 Å². The Labute approximate surface area is 145 Å². The second-order valence-electron chi connectivity index (χ2n) is 6.16. The van der Waals surface area contributed by atoms with Crippen LogP contribution < -0.4 is 10.6 Å². The summed E-state index contributed by atoms with van der Waals surface area (Å²) >= 11 is 0. The van der Waals surface area contributed by atoms with Gasteiger partial charge in [0.2, 0.25) is 0 Å². The Morgan fingerprint density at radius 1 is 1.17 bits per heavy atom. The molecule has 134 valence electrons. The summed E-state index contributed by atoms with van der Waals surface area (Å²) in [6, 6.07) is 5.98. The number of hydrogen-bond donors (Lipinski definition) is 2. The Hall–Kier alpha value is -2.04. The van der Waals surface area contributed by atoms with Crippen LogP contribution >= 0.6 is 0 Å². The molecule has 5 heteroatoms. The number of hydrogen-bond acceptors (Lipinski definition) is 3. The summed E-state index contributed by atoms with van der Waals surface area (Å²) in [5, 5.41) is 5.89. The quantitative estimate of drug-likeness (QED) is 0.524. The molecule has 1 rings (SSSR count). The van der Waals surface area contributed by atoms with Gasteiger partial charge in [-0.05, 0) is 36.3 Å². The second-order valence-corrected chi connectivity index (χ2v) is 6.16. The SMILES string of the molecule is CCc1cccc(C(C)C)c1NC(=O)NCCCCCC(=O)OC. The van der Waals surface area contributed by atoms with Gasteiger partial charge in [0.05, 0.1) is 7.11 Å². The van der Waals surface area contributed by atoms with E-state index < -0.39 is 0 Å². The minimum atomic E-state index is -0.182. The standard InChI is InChI=1S/C19H30N2O3/c1-5-15-10-9-11-16(14(2)3)18(15)21-19(23)20-13-8-6-7-12-17(22)24-4/h9-11,14H,5-8,12-13H2,1-4H3,(H2,20,21,23). The van der Waals surface area contributed by atoms with E-state index >= 15 is 0 Å². The molecule has 0 fully saturated rings. The number of urea groups is 1. The predicted octanol–water partition coefficient (Wildman–Crippen LogP) is 4.23. The number of nitrogens with one attached hydrogen (secondary N) is 2. The first-order valence-corrected chi connectivity index (χ1v) is 8.73. The van der Waals surface area contributed by atoms with Gasteiger partial charge in [0.1, 0.15) is 0 Å². The molecule has 5 nitrogen and oxygen atoms in total. The molecule has 0 saturated carbocycles. The fourth-order valence-corrected chi connectivity index (χ4v) is 2.58. The molecule has 0 aliphatic rings. The highest BCUT2D eigenvalue weighted by Crippen LogP contribution is 2.28. The molecule has 0 bridgehead atoms. The lowest BCUT2D eigenvalue weighted by atomic mass is 9.96. The van der Waals surface area contributed by atoms with Crippen molar-refractivity contribution in [2.45, 2.75) is 58.8 Å². The molecular weight excluding hydrogens is 304 g/mol. The van der Waals surface area contributed by atoms with Crippen molar-refractivity contribution in [3.63, 3.8) is 0 Å². The average Bonchev–Trinajstić information content (AvgIpc) is 2.57. The summed E-state index contributed by atoms with van der Waals surface area (Å²) in [6.07, 6.45) is 3.83. The van der Waals surface area contributed by atoms with E-state index in [0.29, 0.717) is 18.9 Å². The van der Waals surface area contributed by atoms with Crippen LogP contribution in [0.1, 0.15) is 63.5 Å². The number of amides is 2. The molecule has 0 aromatic heterocycles. The molecule has 1 aromatic carbocycles. The number of esters is 1. The van der Waals surface area contributed by atoms with E-state index in [1.54, 1.807) is 0 Å². The van der Waals surface area contributed by atoms with Gasteiger partial charge in [-0.3, -0.25) is 4.79 Å². The molecule has 0 heterocycles. The maximum Gasteiger partial charge on any atom is 0.319 e. The topological polar surface area (TPSA) is 67.4 Å². The van der Waals surface area contributed by atoms with Crippen molar-refractivity contribution in [1.82, 2.24) is 5.32 Å². The van der Waals surface area contributed by atoms with Gasteiger partial charge >= 0.3 is 12.0 Å². The molecule has 24 heavy (non-hydrogen) atoms. The van der Waals surface area contributed by atoms with Gasteiger partial charge in [0, 0.05) is 18.7 Å². The van der Waals surface area contributed by atoms with Crippen molar-refractivity contribution in [3.8, 4) is 0 Å². The van der Waals surface area contributed by atoms with Gasteiger partial charge in [-0.2, -0.15) is 0 Å². The summed E-state index contributed by atoms with van der Waals surface area (Å²) < 4.78 is 4.59. The summed E-state index contributed by atoms with van der Waals surface area (Å²) in [7, 11) is 1.40. The van der Waals surface area contributed by atoms with Gasteiger partial charge in [0.25, 0.3) is 0 Å². The first-order chi connectivity index (χ1) is 11.5. The van der Waals surface area contributed by atoms with Crippen molar-refractivity contribution in [2.75, 3.05) is 19.0 Å². The Morgan fingerprint density at radius 2 is 1.92 bits per heavy atom. The first kappa shape index (κ1) is 20.0. The lowest BCUT2D eigenvalue weighted by Crippen LogP contribution is -2.30. The number of anilines is 1. The van der Waals surface area contributed by atoms with E-state index in [1.165, 1.54) is 7.11 Å². The Bertz CT molecular complexity index is 541. The van der Waals surface area contributed by atoms with Crippen LogP contribution in [0.2, 0.25) is 0 Å². The number of carbonyl (C=O) groups excluding carboxylic acids is 2. The largest absolute Gasteiger partial charge is 0.469 e. The van der Waals surface area contributed by atoms with E-state index in [9.17, 15) is 9.59 Å². The third-order valence-electron chi connectivity index (χ3n) is 4.00. The minimum absolute atomic E-state index is 0.175. The summed E-state index contributed by atoms with van der Waals surface area (Å²) in [4.78, 5) is 23.1. The van der Waals surface area contributed by atoms with Crippen LogP contribution in [0.4, 0.5) is 10.5 Å². The molecular formula is C19H30N2O3. The average molecular weight is 334 g/mol. The van der Waals surface area contributed by atoms with E-state index in [2.05, 4.69) is 42.2 Å². The fraction of sp³-hybridized carbons (Fsp3) is 0.579. The van der Waals surface area contributed by atoms with Crippen LogP contribution in [0.15, 0.2) is 18.2 Å². The van der Waals surface area contributed by atoms with Crippen LogP contribution in [-0.2, 0) is 16.0 Å². The lowest BCUT2D eigenvalue weighted by molar-refractivity contribution is -0.140. The van der Waals surface area contributed by atoms with Gasteiger partial charge in [-0.15, -0.1) is 0 Å². The van der Waals surface area contributed by atoms with E-state index in [-0.39, 0.29) is 12.0 Å². The first-order valence-electron chi connectivity index (χ1n) is 8.73.